The zero-order valence-corrected chi connectivity index (χ0v) is 11.8. The van der Waals surface area contributed by atoms with E-state index in [4.69, 9.17) is 0 Å². The Kier molecular flexibility index (Phi) is 4.09. The minimum Gasteiger partial charge on any atom is -0.331 e. The first-order valence-electron chi connectivity index (χ1n) is 6.27. The Morgan fingerprint density at radius 2 is 2.15 bits per heavy atom. The Bertz CT molecular complexity index is 636. The van der Waals surface area contributed by atoms with Gasteiger partial charge in [-0.3, -0.25) is 15.1 Å². The zero-order valence-electron chi connectivity index (χ0n) is 11.8. The topological polar surface area (TPSA) is 85.9 Å². The standard InChI is InChI=1S/C13H17N5O2/c1-9-4-15-12(10(2)13(9)18(19)20)7-17-6-11(5-14-3)16-8-17/h4,6,8,14H,5,7H2,1-3H3. The van der Waals surface area contributed by atoms with E-state index in [9.17, 15) is 10.1 Å². The van der Waals surface area contributed by atoms with Crippen LogP contribution in [0, 0.1) is 24.0 Å². The number of aryl methyl sites for hydroxylation is 1. The number of hydrogen-bond acceptors (Lipinski definition) is 5. The lowest BCUT2D eigenvalue weighted by Crippen LogP contribution is -2.07. The van der Waals surface area contributed by atoms with Gasteiger partial charge in [-0.1, -0.05) is 0 Å². The molecule has 2 heterocycles. The Morgan fingerprint density at radius 3 is 2.80 bits per heavy atom. The van der Waals surface area contributed by atoms with E-state index in [0.717, 1.165) is 5.69 Å². The van der Waals surface area contributed by atoms with Crippen molar-refractivity contribution in [3.05, 3.63) is 51.4 Å². The van der Waals surface area contributed by atoms with Crippen molar-refractivity contribution in [3.63, 3.8) is 0 Å². The van der Waals surface area contributed by atoms with Gasteiger partial charge in [-0.2, -0.15) is 0 Å². The van der Waals surface area contributed by atoms with Crippen LogP contribution in [0.5, 0.6) is 0 Å². The third-order valence-corrected chi connectivity index (χ3v) is 3.14. The molecule has 2 rings (SSSR count). The van der Waals surface area contributed by atoms with Crippen LogP contribution >= 0.6 is 0 Å². The highest BCUT2D eigenvalue weighted by atomic mass is 16.6. The molecule has 0 atom stereocenters. The average molecular weight is 275 g/mol. The van der Waals surface area contributed by atoms with Crippen LogP contribution in [-0.4, -0.2) is 26.5 Å². The highest BCUT2D eigenvalue weighted by Gasteiger charge is 2.18. The van der Waals surface area contributed by atoms with Gasteiger partial charge < -0.3 is 9.88 Å². The summed E-state index contributed by atoms with van der Waals surface area (Å²) in [7, 11) is 1.86. The van der Waals surface area contributed by atoms with Crippen LogP contribution in [0.2, 0.25) is 0 Å². The van der Waals surface area contributed by atoms with E-state index in [0.29, 0.717) is 29.9 Å². The summed E-state index contributed by atoms with van der Waals surface area (Å²) in [6.07, 6.45) is 5.16. The molecule has 2 aromatic rings. The lowest BCUT2D eigenvalue weighted by atomic mass is 10.1. The molecule has 20 heavy (non-hydrogen) atoms. The van der Waals surface area contributed by atoms with Crippen molar-refractivity contribution < 1.29 is 4.92 Å². The fourth-order valence-electron chi connectivity index (χ4n) is 2.14. The van der Waals surface area contributed by atoms with Gasteiger partial charge in [0.1, 0.15) is 0 Å². The Hall–Kier alpha value is -2.28. The largest absolute Gasteiger partial charge is 0.331 e. The van der Waals surface area contributed by atoms with Crippen LogP contribution < -0.4 is 5.32 Å². The van der Waals surface area contributed by atoms with Crippen LogP contribution in [0.1, 0.15) is 22.5 Å². The second kappa shape index (κ2) is 5.79. The molecule has 7 nitrogen and oxygen atoms in total. The number of nitro groups is 1. The Labute approximate surface area is 116 Å². The van der Waals surface area contributed by atoms with Gasteiger partial charge in [0, 0.05) is 24.5 Å². The summed E-state index contributed by atoms with van der Waals surface area (Å²) in [6, 6.07) is 0. The van der Waals surface area contributed by atoms with Crippen LogP contribution in [0.25, 0.3) is 0 Å². The van der Waals surface area contributed by atoms with Crippen molar-refractivity contribution in [1.29, 1.82) is 0 Å². The van der Waals surface area contributed by atoms with E-state index in [1.807, 2.05) is 17.8 Å². The summed E-state index contributed by atoms with van der Waals surface area (Å²) in [5.41, 5.74) is 2.95. The van der Waals surface area contributed by atoms with E-state index in [-0.39, 0.29) is 10.6 Å². The summed E-state index contributed by atoms with van der Waals surface area (Å²) in [5, 5.41) is 14.1. The molecule has 0 bridgehead atoms. The molecule has 0 unspecified atom stereocenters. The van der Waals surface area contributed by atoms with Crippen molar-refractivity contribution >= 4 is 5.69 Å². The van der Waals surface area contributed by atoms with Gasteiger partial charge in [0.15, 0.2) is 0 Å². The van der Waals surface area contributed by atoms with Gasteiger partial charge in [0.2, 0.25) is 0 Å². The van der Waals surface area contributed by atoms with Crippen molar-refractivity contribution in [1.82, 2.24) is 19.9 Å². The van der Waals surface area contributed by atoms with Crippen molar-refractivity contribution in [2.45, 2.75) is 26.9 Å². The molecule has 0 saturated heterocycles. The summed E-state index contributed by atoms with van der Waals surface area (Å²) in [6.45, 7) is 4.60. The molecule has 0 aliphatic heterocycles. The molecule has 0 aliphatic carbocycles. The molecule has 1 N–H and O–H groups in total. The molecule has 0 spiro atoms. The molecule has 0 radical (unpaired) electrons. The van der Waals surface area contributed by atoms with Gasteiger partial charge in [-0.15, -0.1) is 0 Å². The van der Waals surface area contributed by atoms with Gasteiger partial charge in [0.25, 0.3) is 5.69 Å². The molecule has 0 aromatic carbocycles. The maximum absolute atomic E-state index is 11.1. The quantitative estimate of drug-likeness (QED) is 0.661. The Morgan fingerprint density at radius 1 is 1.40 bits per heavy atom. The molecule has 0 amide bonds. The summed E-state index contributed by atoms with van der Waals surface area (Å²) >= 11 is 0. The molecular weight excluding hydrogens is 258 g/mol. The SMILES string of the molecule is CNCc1cn(Cc2ncc(C)c([N+](=O)[O-])c2C)cn1. The number of imidazole rings is 1. The number of rotatable bonds is 5. The molecular formula is C13H17N5O2. The highest BCUT2D eigenvalue weighted by Crippen LogP contribution is 2.24. The van der Waals surface area contributed by atoms with Crippen molar-refractivity contribution in [2.24, 2.45) is 0 Å². The number of pyridine rings is 1. The van der Waals surface area contributed by atoms with Gasteiger partial charge in [0.05, 0.1) is 34.7 Å². The fraction of sp³-hybridized carbons (Fsp3) is 0.385. The number of hydrogen-bond donors (Lipinski definition) is 1. The first-order chi connectivity index (χ1) is 9.52. The van der Waals surface area contributed by atoms with Crippen LogP contribution in [0.15, 0.2) is 18.7 Å². The third-order valence-electron chi connectivity index (χ3n) is 3.14. The van der Waals surface area contributed by atoms with Crippen molar-refractivity contribution in [3.8, 4) is 0 Å². The van der Waals surface area contributed by atoms with Gasteiger partial charge >= 0.3 is 0 Å². The van der Waals surface area contributed by atoms with E-state index in [1.54, 1.807) is 26.4 Å². The first-order valence-corrected chi connectivity index (χ1v) is 6.27. The summed E-state index contributed by atoms with van der Waals surface area (Å²) in [5.74, 6) is 0. The molecule has 7 heteroatoms. The van der Waals surface area contributed by atoms with E-state index in [1.165, 1.54) is 0 Å². The zero-order chi connectivity index (χ0) is 14.7. The van der Waals surface area contributed by atoms with Gasteiger partial charge in [-0.05, 0) is 20.9 Å². The summed E-state index contributed by atoms with van der Waals surface area (Å²) < 4.78 is 1.88. The van der Waals surface area contributed by atoms with Crippen LogP contribution in [0.4, 0.5) is 5.69 Å². The minimum atomic E-state index is -0.351. The lowest BCUT2D eigenvalue weighted by Gasteiger charge is -2.07. The van der Waals surface area contributed by atoms with E-state index in [2.05, 4.69) is 15.3 Å². The van der Waals surface area contributed by atoms with E-state index < -0.39 is 0 Å². The van der Waals surface area contributed by atoms with Gasteiger partial charge in [-0.25, -0.2) is 4.98 Å². The predicted molar refractivity (Wildman–Crippen MR) is 74.5 cm³/mol. The summed E-state index contributed by atoms with van der Waals surface area (Å²) in [4.78, 5) is 19.3. The monoisotopic (exact) mass is 275 g/mol. The number of nitrogens with one attached hydrogen (secondary N) is 1. The number of aromatic nitrogens is 3. The maximum Gasteiger partial charge on any atom is 0.278 e. The highest BCUT2D eigenvalue weighted by molar-refractivity contribution is 5.47. The van der Waals surface area contributed by atoms with Crippen LogP contribution in [0.3, 0.4) is 0 Å². The molecule has 2 aromatic heterocycles. The minimum absolute atomic E-state index is 0.144. The average Bonchev–Trinajstić information content (AvgIpc) is 2.81. The third kappa shape index (κ3) is 2.83. The second-order valence-corrected chi connectivity index (χ2v) is 4.69. The predicted octanol–water partition coefficient (Wildman–Crippen LogP) is 1.57. The Balaban J connectivity index is 2.29. The second-order valence-electron chi connectivity index (χ2n) is 4.69. The van der Waals surface area contributed by atoms with Crippen molar-refractivity contribution in [2.75, 3.05) is 7.05 Å². The normalized spacial score (nSPS) is 10.8. The molecule has 106 valence electrons. The maximum atomic E-state index is 11.1. The lowest BCUT2D eigenvalue weighted by molar-refractivity contribution is -0.386. The molecule has 0 aliphatic rings. The smallest absolute Gasteiger partial charge is 0.278 e. The first kappa shape index (κ1) is 14.1. The fourth-order valence-corrected chi connectivity index (χ4v) is 2.14. The van der Waals surface area contributed by atoms with E-state index >= 15 is 0 Å². The molecule has 0 saturated carbocycles. The number of nitrogens with zero attached hydrogens (tertiary/aromatic N) is 4. The molecule has 0 fully saturated rings. The van der Waals surface area contributed by atoms with Crippen LogP contribution in [-0.2, 0) is 13.1 Å².